The zero-order valence-corrected chi connectivity index (χ0v) is 15.3. The number of nitriles is 3. The van der Waals surface area contributed by atoms with Crippen LogP contribution < -0.4 is 0 Å². The van der Waals surface area contributed by atoms with Crippen LogP contribution in [-0.2, 0) is 9.47 Å². The summed E-state index contributed by atoms with van der Waals surface area (Å²) >= 11 is 0. The van der Waals surface area contributed by atoms with E-state index in [1.165, 1.54) is 0 Å². The summed E-state index contributed by atoms with van der Waals surface area (Å²) in [4.78, 5) is 0. The van der Waals surface area contributed by atoms with Crippen molar-refractivity contribution in [3.05, 3.63) is 12.2 Å². The Labute approximate surface area is 154 Å². The van der Waals surface area contributed by atoms with Crippen LogP contribution in [0, 0.1) is 62.1 Å². The number of rotatable bonds is 4. The highest BCUT2D eigenvalue weighted by Gasteiger charge is 2.80. The molecule has 6 heteroatoms. The van der Waals surface area contributed by atoms with Gasteiger partial charge in [-0.1, -0.05) is 26.0 Å². The van der Waals surface area contributed by atoms with Gasteiger partial charge in [-0.3, -0.25) is 5.41 Å². The number of nitrogens with zero attached hydrogens (tertiary/aromatic N) is 3. The molecule has 136 valence electrons. The number of nitrogens with one attached hydrogen (secondary N) is 1. The van der Waals surface area contributed by atoms with Crippen LogP contribution in [0.4, 0.5) is 0 Å². The van der Waals surface area contributed by atoms with E-state index in [-0.39, 0.29) is 11.8 Å². The zero-order chi connectivity index (χ0) is 19.0. The molecule has 5 unspecified atom stereocenters. The third-order valence-electron chi connectivity index (χ3n) is 6.34. The summed E-state index contributed by atoms with van der Waals surface area (Å²) in [7, 11) is 0. The Hall–Kier alpha value is -2.36. The largest absolute Gasteiger partial charge is 0.447 e. The molecule has 2 heterocycles. The van der Waals surface area contributed by atoms with Gasteiger partial charge in [0, 0.05) is 6.42 Å². The monoisotopic (exact) mass is 352 g/mol. The third-order valence-corrected chi connectivity index (χ3v) is 6.34. The standard InChI is InChI=1S/C20H24N4O2/c1-3-10-20-15(4-2)19(13-23,17(24)26-20)18(11-21,12-22)16(25-20)14-8-6-5-7-9-14/h5-6,14-16,24H,3-4,7-10H2,1-2H3. The van der Waals surface area contributed by atoms with E-state index in [2.05, 4.69) is 24.3 Å². The highest BCUT2D eigenvalue weighted by molar-refractivity contribution is 5.89. The smallest absolute Gasteiger partial charge is 0.217 e. The molecule has 6 nitrogen and oxygen atoms in total. The Morgan fingerprint density at radius 1 is 1.19 bits per heavy atom. The lowest BCUT2D eigenvalue weighted by atomic mass is 9.51. The van der Waals surface area contributed by atoms with Crippen LogP contribution in [0.25, 0.3) is 0 Å². The van der Waals surface area contributed by atoms with Gasteiger partial charge in [-0.2, -0.15) is 15.8 Å². The summed E-state index contributed by atoms with van der Waals surface area (Å²) in [6, 6.07) is 6.48. The van der Waals surface area contributed by atoms with Crippen molar-refractivity contribution in [3.8, 4) is 18.2 Å². The Kier molecular flexibility index (Phi) is 4.55. The maximum absolute atomic E-state index is 10.2. The van der Waals surface area contributed by atoms with Crippen molar-refractivity contribution in [2.45, 2.75) is 64.3 Å². The maximum Gasteiger partial charge on any atom is 0.217 e. The van der Waals surface area contributed by atoms with Crippen LogP contribution in [0.3, 0.4) is 0 Å². The molecule has 3 rings (SSSR count). The fourth-order valence-corrected chi connectivity index (χ4v) is 5.24. The molecule has 0 amide bonds. The molecule has 1 aliphatic carbocycles. The van der Waals surface area contributed by atoms with Crippen LogP contribution in [0.2, 0.25) is 0 Å². The van der Waals surface area contributed by atoms with Crippen molar-refractivity contribution >= 4 is 5.90 Å². The Morgan fingerprint density at radius 2 is 1.92 bits per heavy atom. The molecule has 1 N–H and O–H groups in total. The Bertz CT molecular complexity index is 741. The Balaban J connectivity index is 2.24. The Morgan fingerprint density at radius 3 is 2.42 bits per heavy atom. The van der Waals surface area contributed by atoms with Gasteiger partial charge in [-0.25, -0.2) is 0 Å². The van der Waals surface area contributed by atoms with Crippen molar-refractivity contribution in [2.24, 2.45) is 22.7 Å². The lowest BCUT2D eigenvalue weighted by molar-refractivity contribution is -0.294. The van der Waals surface area contributed by atoms with Gasteiger partial charge in [0.15, 0.2) is 10.8 Å². The summed E-state index contributed by atoms with van der Waals surface area (Å²) in [5, 5.41) is 38.9. The number of hydrogen-bond acceptors (Lipinski definition) is 6. The second-order valence-corrected chi connectivity index (χ2v) is 7.49. The summed E-state index contributed by atoms with van der Waals surface area (Å²) in [6.07, 6.45) is 7.51. The van der Waals surface area contributed by atoms with E-state index in [0.717, 1.165) is 19.3 Å². The molecular weight excluding hydrogens is 328 g/mol. The van der Waals surface area contributed by atoms with E-state index in [0.29, 0.717) is 19.3 Å². The molecule has 0 spiro atoms. The number of ether oxygens (including phenoxy) is 2. The number of fused-ring (bicyclic) bond motifs is 2. The summed E-state index contributed by atoms with van der Waals surface area (Å²) in [5.74, 6) is -1.94. The molecule has 0 aromatic carbocycles. The molecule has 2 fully saturated rings. The van der Waals surface area contributed by atoms with Crippen LogP contribution in [0.15, 0.2) is 12.2 Å². The molecule has 0 radical (unpaired) electrons. The van der Waals surface area contributed by atoms with Gasteiger partial charge in [0.25, 0.3) is 0 Å². The second-order valence-electron chi connectivity index (χ2n) is 7.49. The van der Waals surface area contributed by atoms with Crippen LogP contribution >= 0.6 is 0 Å². The lowest BCUT2D eigenvalue weighted by Gasteiger charge is -2.52. The van der Waals surface area contributed by atoms with Gasteiger partial charge in [0.05, 0.1) is 30.2 Å². The minimum Gasteiger partial charge on any atom is -0.447 e. The minimum absolute atomic E-state index is 0.0458. The van der Waals surface area contributed by atoms with Crippen LogP contribution in [0.5, 0.6) is 0 Å². The molecule has 0 aromatic rings. The average Bonchev–Trinajstić information content (AvgIpc) is 2.86. The van der Waals surface area contributed by atoms with Crippen molar-refractivity contribution in [1.29, 1.82) is 21.2 Å². The van der Waals surface area contributed by atoms with Gasteiger partial charge in [-0.05, 0) is 38.0 Å². The lowest BCUT2D eigenvalue weighted by Crippen LogP contribution is -2.64. The van der Waals surface area contributed by atoms with Crippen molar-refractivity contribution in [1.82, 2.24) is 0 Å². The fraction of sp³-hybridized carbons (Fsp3) is 0.700. The van der Waals surface area contributed by atoms with Crippen molar-refractivity contribution < 1.29 is 9.47 Å². The highest BCUT2D eigenvalue weighted by atomic mass is 16.7. The van der Waals surface area contributed by atoms with Crippen molar-refractivity contribution in [3.63, 3.8) is 0 Å². The molecule has 26 heavy (non-hydrogen) atoms. The van der Waals surface area contributed by atoms with Gasteiger partial charge >= 0.3 is 0 Å². The van der Waals surface area contributed by atoms with Crippen molar-refractivity contribution in [2.75, 3.05) is 0 Å². The predicted molar refractivity (Wildman–Crippen MR) is 93.3 cm³/mol. The average molecular weight is 352 g/mol. The van der Waals surface area contributed by atoms with Crippen LogP contribution in [0.1, 0.15) is 52.4 Å². The van der Waals surface area contributed by atoms with E-state index >= 15 is 0 Å². The topological polar surface area (TPSA) is 114 Å². The minimum atomic E-state index is -1.75. The van der Waals surface area contributed by atoms with Crippen LogP contribution in [-0.4, -0.2) is 17.8 Å². The highest BCUT2D eigenvalue weighted by Crippen LogP contribution is 2.66. The third kappa shape index (κ3) is 2.01. The molecule has 2 aliphatic heterocycles. The molecule has 2 bridgehead atoms. The first-order valence-electron chi connectivity index (χ1n) is 9.36. The van der Waals surface area contributed by atoms with Gasteiger partial charge < -0.3 is 9.47 Å². The number of allylic oxidation sites excluding steroid dienone is 2. The van der Waals surface area contributed by atoms with E-state index in [1.807, 2.05) is 19.9 Å². The number of hydrogen-bond donors (Lipinski definition) is 1. The normalized spacial score (nSPS) is 40.1. The second kappa shape index (κ2) is 6.42. The van der Waals surface area contributed by atoms with E-state index < -0.39 is 28.6 Å². The molecule has 0 aromatic heterocycles. The molecule has 2 saturated heterocycles. The van der Waals surface area contributed by atoms with E-state index in [9.17, 15) is 15.8 Å². The molecule has 0 saturated carbocycles. The fourth-order valence-electron chi connectivity index (χ4n) is 5.24. The SMILES string of the molecule is CCCC12OC(=N)C(C#N)(C1CC)C(C#N)(C#N)C(C1CC=CCC1)O2. The van der Waals surface area contributed by atoms with Gasteiger partial charge in [0.1, 0.15) is 0 Å². The molecule has 5 atom stereocenters. The molecule has 3 aliphatic rings. The first kappa shape index (κ1) is 18.4. The van der Waals surface area contributed by atoms with Gasteiger partial charge in [-0.15, -0.1) is 0 Å². The quantitative estimate of drug-likeness (QED) is 0.773. The summed E-state index contributed by atoms with van der Waals surface area (Å²) in [5.41, 5.74) is -3.34. The zero-order valence-electron chi connectivity index (χ0n) is 15.3. The van der Waals surface area contributed by atoms with E-state index in [4.69, 9.17) is 14.9 Å². The first-order chi connectivity index (χ1) is 12.5. The first-order valence-corrected chi connectivity index (χ1v) is 9.36. The van der Waals surface area contributed by atoms with Gasteiger partial charge in [0.2, 0.25) is 11.7 Å². The predicted octanol–water partition coefficient (Wildman–Crippen LogP) is 3.82. The maximum atomic E-state index is 10.2. The summed E-state index contributed by atoms with van der Waals surface area (Å²) in [6.45, 7) is 3.90. The summed E-state index contributed by atoms with van der Waals surface area (Å²) < 4.78 is 12.4. The van der Waals surface area contributed by atoms with E-state index in [1.54, 1.807) is 0 Å². The molecular formula is C20H24N4O2.